The Hall–Kier alpha value is -1.18. The van der Waals surface area contributed by atoms with E-state index in [1.54, 1.807) is 0 Å². The molecule has 0 aliphatic heterocycles. The number of hydrogen-bond acceptors (Lipinski definition) is 4. The summed E-state index contributed by atoms with van der Waals surface area (Å²) in [6.07, 6.45) is 0. The van der Waals surface area contributed by atoms with Gasteiger partial charge in [0.25, 0.3) is 0 Å². The van der Waals surface area contributed by atoms with E-state index in [0.717, 1.165) is 6.92 Å². The van der Waals surface area contributed by atoms with E-state index in [1.165, 1.54) is 0 Å². The normalized spacial score (nSPS) is 3.70. The van der Waals surface area contributed by atoms with Gasteiger partial charge in [-0.3, -0.25) is 0 Å². The molecule has 0 rings (SSSR count). The van der Waals surface area contributed by atoms with Gasteiger partial charge >= 0.3 is 0 Å². The van der Waals surface area contributed by atoms with Crippen molar-refractivity contribution in [2.75, 3.05) is 0 Å². The molecule has 10 heavy (non-hydrogen) atoms. The van der Waals surface area contributed by atoms with Crippen LogP contribution in [0.25, 0.3) is 0 Å². The molecular weight excluding hydrogens is 144 g/mol. The van der Waals surface area contributed by atoms with E-state index in [0.29, 0.717) is 0 Å². The predicted octanol–water partition coefficient (Wildman–Crippen LogP) is -2.95. The minimum atomic E-state index is -1.08. The van der Waals surface area contributed by atoms with E-state index in [9.17, 15) is 0 Å². The predicted molar refractivity (Wildman–Crippen MR) is 32.3 cm³/mol. The Morgan fingerprint density at radius 2 is 1.40 bits per heavy atom. The molecule has 0 amide bonds. The minimum absolute atomic E-state index is 0. The number of carbonyl (C=O) groups is 2. The van der Waals surface area contributed by atoms with Crippen LogP contribution in [-0.4, -0.2) is 17.9 Å². The van der Waals surface area contributed by atoms with Gasteiger partial charge in [-0.1, -0.05) is 0 Å². The van der Waals surface area contributed by atoms with Crippen LogP contribution in [0.5, 0.6) is 0 Å². The topological polar surface area (TPSA) is 185 Å². The number of carbonyl (C=O) groups excluding carboxylic acids is 2. The number of carboxylic acids is 1. The lowest BCUT2D eigenvalue weighted by atomic mass is 10.9. The second-order valence-corrected chi connectivity index (χ2v) is 0.588. The monoisotopic (exact) mass is 158 g/mol. The van der Waals surface area contributed by atoms with Crippen molar-refractivity contribution < 1.29 is 25.3 Å². The number of quaternary nitrogens is 2. The quantitative estimate of drug-likeness (QED) is 0.357. The first-order valence-electron chi connectivity index (χ1n) is 1.38. The van der Waals surface area contributed by atoms with Crippen molar-refractivity contribution in [2.24, 2.45) is 0 Å². The number of aliphatic carboxylic acids is 1. The maximum absolute atomic E-state index is 8.89. The molecule has 0 bridgehead atoms. The first-order chi connectivity index (χ1) is 3.15. The van der Waals surface area contributed by atoms with E-state index < -0.39 is 12.4 Å². The molecule has 0 unspecified atom stereocenters. The first kappa shape index (κ1) is 37.0. The van der Waals surface area contributed by atoms with Gasteiger partial charge in [-0.2, -0.15) is 0 Å². The average molecular weight is 158 g/mol. The van der Waals surface area contributed by atoms with Crippen LogP contribution in [0.4, 0.5) is 0 Å². The highest BCUT2D eigenvalue weighted by Gasteiger charge is 1.46. The lowest BCUT2D eigenvalue weighted by Crippen LogP contribution is -2.16. The molecule has 10 N–H and O–H groups in total. The van der Waals surface area contributed by atoms with Crippen LogP contribution in [0, 0.1) is 0 Å². The summed E-state index contributed by atoms with van der Waals surface area (Å²) >= 11 is 0. The first-order valence-corrected chi connectivity index (χ1v) is 1.38. The van der Waals surface area contributed by atoms with Gasteiger partial charge in [-0.05, 0) is 6.92 Å². The third-order valence-electron chi connectivity index (χ3n) is 0. The van der Waals surface area contributed by atoms with Crippen molar-refractivity contribution in [1.29, 1.82) is 0 Å². The lowest BCUT2D eigenvalue weighted by molar-refractivity contribution is -0.302. The number of rotatable bonds is 0. The van der Waals surface area contributed by atoms with Crippen molar-refractivity contribution in [3.8, 4) is 0 Å². The molecule has 0 spiro atoms. The van der Waals surface area contributed by atoms with Crippen LogP contribution in [0.15, 0.2) is 0 Å². The summed E-state index contributed by atoms with van der Waals surface area (Å²) in [7, 11) is 0. The van der Waals surface area contributed by atoms with Crippen LogP contribution in [0.1, 0.15) is 6.92 Å². The fourth-order valence-electron chi connectivity index (χ4n) is 0. The average Bonchev–Trinajstić information content (AvgIpc) is 1.33. The minimum Gasteiger partial charge on any atom is -0.554 e. The SMILES string of the molecule is CC(=O)[O-].O.O=C[O-].[NH4+].[NH4+]. The number of hydrogen-bond donors (Lipinski definition) is 2. The summed E-state index contributed by atoms with van der Waals surface area (Å²) in [5.74, 6) is -1.08. The van der Waals surface area contributed by atoms with Gasteiger partial charge in [-0.25, -0.2) is 0 Å². The summed E-state index contributed by atoms with van der Waals surface area (Å²) < 4.78 is 0. The van der Waals surface area contributed by atoms with Crippen molar-refractivity contribution in [3.63, 3.8) is 0 Å². The highest BCUT2D eigenvalue weighted by Crippen LogP contribution is 1.31. The van der Waals surface area contributed by atoms with Gasteiger partial charge in [0.15, 0.2) is 0 Å². The molecule has 0 aromatic rings. The Balaban J connectivity index is -0.0000000131. The molecule has 0 aromatic carbocycles. The molecule has 0 fully saturated rings. The molecule has 0 saturated carbocycles. The van der Waals surface area contributed by atoms with Crippen molar-refractivity contribution >= 4 is 12.4 Å². The molecule has 0 atom stereocenters. The van der Waals surface area contributed by atoms with Crippen LogP contribution in [-0.2, 0) is 9.59 Å². The summed E-state index contributed by atoms with van der Waals surface area (Å²) in [5, 5.41) is 17.1. The van der Waals surface area contributed by atoms with E-state index in [2.05, 4.69) is 0 Å². The Bertz CT molecular complexity index is 61.9. The molecule has 0 aliphatic carbocycles. The van der Waals surface area contributed by atoms with Crippen molar-refractivity contribution in [2.45, 2.75) is 6.92 Å². The van der Waals surface area contributed by atoms with Gasteiger partial charge in [0.05, 0.1) is 0 Å². The molecule has 0 heterocycles. The zero-order chi connectivity index (χ0) is 6.28. The largest absolute Gasteiger partial charge is 0.554 e. The Morgan fingerprint density at radius 3 is 1.40 bits per heavy atom. The number of carboxylic acid groups (broad SMARTS) is 2. The van der Waals surface area contributed by atoms with E-state index in [-0.39, 0.29) is 17.8 Å². The molecule has 0 aliphatic rings. The highest BCUT2D eigenvalue weighted by molar-refractivity contribution is 5.60. The second kappa shape index (κ2) is 45.7. The molecule has 66 valence electrons. The third kappa shape index (κ3) is 166. The van der Waals surface area contributed by atoms with Crippen molar-refractivity contribution in [3.05, 3.63) is 0 Å². The Morgan fingerprint density at radius 1 is 1.40 bits per heavy atom. The van der Waals surface area contributed by atoms with Crippen LogP contribution in [0.3, 0.4) is 0 Å². The van der Waals surface area contributed by atoms with Gasteiger partial charge in [0.1, 0.15) is 0 Å². The fourth-order valence-corrected chi connectivity index (χ4v) is 0. The molecule has 0 saturated heterocycles. The zero-order valence-corrected chi connectivity index (χ0v) is 6.21. The van der Waals surface area contributed by atoms with Crippen LogP contribution in [0.2, 0.25) is 0 Å². The molecule has 0 aromatic heterocycles. The van der Waals surface area contributed by atoms with Gasteiger partial charge in [0.2, 0.25) is 0 Å². The summed E-state index contributed by atoms with van der Waals surface area (Å²) in [5.41, 5.74) is 0. The highest BCUT2D eigenvalue weighted by atomic mass is 16.4. The van der Waals surface area contributed by atoms with Crippen molar-refractivity contribution in [1.82, 2.24) is 12.3 Å². The standard InChI is InChI=1S/C2H4O2.CH2O2.2H3N.H2O/c1-2(3)4;2-1-3;;;/h1H3,(H,3,4);1H,(H,2,3);2*1H3;1H2. The molecular formula is C3H14N2O5. The maximum atomic E-state index is 8.89. The summed E-state index contributed by atoms with van der Waals surface area (Å²) in [6.45, 7) is 0.472. The van der Waals surface area contributed by atoms with Crippen LogP contribution >= 0.6 is 0 Å². The molecule has 0 radical (unpaired) electrons. The second-order valence-electron chi connectivity index (χ2n) is 0.588. The fraction of sp³-hybridized carbons (Fsp3) is 0.333. The molecule has 7 heteroatoms. The van der Waals surface area contributed by atoms with E-state index >= 15 is 0 Å². The lowest BCUT2D eigenvalue weighted by Gasteiger charge is -1.77. The maximum Gasteiger partial charge on any atom is 0.0383 e. The smallest absolute Gasteiger partial charge is 0.0383 e. The molecule has 7 nitrogen and oxygen atoms in total. The Labute approximate surface area is 58.1 Å². The van der Waals surface area contributed by atoms with Crippen LogP contribution < -0.4 is 22.5 Å². The summed E-state index contributed by atoms with van der Waals surface area (Å²) in [6, 6.07) is 0. The third-order valence-corrected chi connectivity index (χ3v) is 0. The summed E-state index contributed by atoms with van der Waals surface area (Å²) in [4.78, 5) is 17.1. The van der Waals surface area contributed by atoms with Gasteiger partial charge in [-0.15, -0.1) is 0 Å². The van der Waals surface area contributed by atoms with E-state index in [4.69, 9.17) is 19.8 Å². The van der Waals surface area contributed by atoms with Gasteiger partial charge < -0.3 is 37.6 Å². The van der Waals surface area contributed by atoms with E-state index in [1.807, 2.05) is 0 Å². The van der Waals surface area contributed by atoms with Gasteiger partial charge in [0, 0.05) is 12.4 Å². The zero-order valence-electron chi connectivity index (χ0n) is 6.21. The Kier molecular flexibility index (Phi) is 169.